The number of primary sulfonamides is 1. The van der Waals surface area contributed by atoms with Crippen molar-refractivity contribution >= 4 is 21.5 Å². The summed E-state index contributed by atoms with van der Waals surface area (Å²) in [6.45, 7) is 1.68. The third-order valence-corrected chi connectivity index (χ3v) is 4.96. The molecular weight excluding hydrogens is 352 g/mol. The number of sulfonamides is 1. The molecule has 0 spiro atoms. The first-order valence-electron chi connectivity index (χ1n) is 7.75. The van der Waals surface area contributed by atoms with E-state index in [1.165, 1.54) is 12.4 Å². The maximum Gasteiger partial charge on any atom is 0.238 e. The van der Waals surface area contributed by atoms with E-state index in [9.17, 15) is 8.42 Å². The maximum absolute atomic E-state index is 11.7. The molecule has 0 radical (unpaired) electrons. The van der Waals surface area contributed by atoms with E-state index < -0.39 is 10.0 Å². The van der Waals surface area contributed by atoms with Gasteiger partial charge in [-0.2, -0.15) is 0 Å². The Morgan fingerprint density at radius 2 is 1.85 bits per heavy atom. The van der Waals surface area contributed by atoms with E-state index in [0.717, 1.165) is 5.56 Å². The van der Waals surface area contributed by atoms with Gasteiger partial charge in [-0.15, -0.1) is 0 Å². The summed E-state index contributed by atoms with van der Waals surface area (Å²) in [5, 5.41) is 8.38. The Hall–Kier alpha value is -2.97. The van der Waals surface area contributed by atoms with Crippen molar-refractivity contribution in [2.75, 3.05) is 12.4 Å². The Morgan fingerprint density at radius 3 is 2.58 bits per heavy atom. The molecular formula is C18H18N4O3S. The highest BCUT2D eigenvalue weighted by Gasteiger charge is 2.14. The van der Waals surface area contributed by atoms with Crippen LogP contribution in [0.4, 0.5) is 11.5 Å². The zero-order chi connectivity index (χ0) is 18.7. The molecule has 2 aromatic carbocycles. The van der Waals surface area contributed by atoms with Gasteiger partial charge in [0, 0.05) is 17.3 Å². The van der Waals surface area contributed by atoms with Crippen molar-refractivity contribution < 1.29 is 13.2 Å². The molecule has 0 aliphatic heterocycles. The highest BCUT2D eigenvalue weighted by Crippen LogP contribution is 2.30. The molecule has 7 nitrogen and oxygen atoms in total. The first kappa shape index (κ1) is 17.8. The maximum atomic E-state index is 11.7. The van der Waals surface area contributed by atoms with Crippen LogP contribution in [0, 0.1) is 6.92 Å². The molecule has 0 atom stereocenters. The van der Waals surface area contributed by atoms with Gasteiger partial charge in [0.25, 0.3) is 0 Å². The van der Waals surface area contributed by atoms with Crippen molar-refractivity contribution in [3.05, 3.63) is 60.4 Å². The predicted octanol–water partition coefficient (Wildman–Crippen LogP) is 2.85. The van der Waals surface area contributed by atoms with Gasteiger partial charge in [-0.25, -0.2) is 23.5 Å². The summed E-state index contributed by atoms with van der Waals surface area (Å²) in [6.07, 6.45) is 1.43. The molecule has 0 saturated heterocycles. The van der Waals surface area contributed by atoms with E-state index in [1.54, 1.807) is 32.2 Å². The summed E-state index contributed by atoms with van der Waals surface area (Å²) in [6, 6.07) is 14.1. The average Bonchev–Trinajstić information content (AvgIpc) is 2.62. The minimum atomic E-state index is -3.80. The fourth-order valence-electron chi connectivity index (χ4n) is 2.63. The summed E-state index contributed by atoms with van der Waals surface area (Å²) in [4.78, 5) is 8.57. The first-order valence-corrected chi connectivity index (χ1v) is 9.29. The number of benzene rings is 2. The molecule has 3 rings (SSSR count). The lowest BCUT2D eigenvalue weighted by atomic mass is 10.1. The summed E-state index contributed by atoms with van der Waals surface area (Å²) in [5.41, 5.74) is 2.63. The number of nitrogens with two attached hydrogens (primary N) is 1. The van der Waals surface area contributed by atoms with Gasteiger partial charge < -0.3 is 10.1 Å². The number of methoxy groups -OCH3 is 1. The Balaban J connectivity index is 1.98. The predicted molar refractivity (Wildman–Crippen MR) is 99.9 cm³/mol. The molecule has 0 bridgehead atoms. The van der Waals surface area contributed by atoms with E-state index in [2.05, 4.69) is 15.3 Å². The van der Waals surface area contributed by atoms with Gasteiger partial charge in [-0.1, -0.05) is 18.2 Å². The van der Waals surface area contributed by atoms with Crippen LogP contribution in [-0.2, 0) is 10.0 Å². The highest BCUT2D eigenvalue weighted by molar-refractivity contribution is 7.89. The number of para-hydroxylation sites is 1. The summed E-state index contributed by atoms with van der Waals surface area (Å²) < 4.78 is 28.7. The van der Waals surface area contributed by atoms with Gasteiger partial charge in [0.05, 0.1) is 17.7 Å². The molecule has 1 heterocycles. The molecule has 1 aromatic heterocycles. The molecule has 3 aromatic rings. The zero-order valence-corrected chi connectivity index (χ0v) is 15.1. The van der Waals surface area contributed by atoms with Crippen LogP contribution in [0.1, 0.15) is 5.56 Å². The highest BCUT2D eigenvalue weighted by atomic mass is 32.2. The third-order valence-electron chi connectivity index (χ3n) is 3.90. The Kier molecular flexibility index (Phi) is 4.88. The fraction of sp³-hybridized carbons (Fsp3) is 0.111. The summed E-state index contributed by atoms with van der Waals surface area (Å²) >= 11 is 0. The van der Waals surface area contributed by atoms with E-state index in [1.807, 2.05) is 24.3 Å². The van der Waals surface area contributed by atoms with Crippen molar-refractivity contribution in [1.29, 1.82) is 0 Å². The lowest BCUT2D eigenvalue weighted by Crippen LogP contribution is -2.14. The van der Waals surface area contributed by atoms with Gasteiger partial charge in [-0.3, -0.25) is 0 Å². The van der Waals surface area contributed by atoms with Gasteiger partial charge in [0.15, 0.2) is 0 Å². The smallest absolute Gasteiger partial charge is 0.238 e. The topological polar surface area (TPSA) is 107 Å². The largest absolute Gasteiger partial charge is 0.496 e. The second-order valence-corrected chi connectivity index (χ2v) is 7.12. The van der Waals surface area contributed by atoms with E-state index in [0.29, 0.717) is 28.5 Å². The summed E-state index contributed by atoms with van der Waals surface area (Å²) in [7, 11) is -2.20. The van der Waals surface area contributed by atoms with E-state index >= 15 is 0 Å². The van der Waals surface area contributed by atoms with Crippen molar-refractivity contribution in [3.63, 3.8) is 0 Å². The molecule has 0 saturated carbocycles. The van der Waals surface area contributed by atoms with Gasteiger partial charge in [0.1, 0.15) is 17.9 Å². The molecule has 8 heteroatoms. The molecule has 134 valence electrons. The molecule has 0 aliphatic rings. The van der Waals surface area contributed by atoms with Crippen molar-refractivity contribution in [1.82, 2.24) is 9.97 Å². The molecule has 0 fully saturated rings. The number of nitrogens with one attached hydrogen (secondary N) is 1. The van der Waals surface area contributed by atoms with Crippen LogP contribution in [0.15, 0.2) is 59.8 Å². The van der Waals surface area contributed by atoms with Crippen molar-refractivity contribution in [2.45, 2.75) is 11.8 Å². The van der Waals surface area contributed by atoms with E-state index in [4.69, 9.17) is 9.88 Å². The number of hydrogen-bond donors (Lipinski definition) is 2. The summed E-state index contributed by atoms with van der Waals surface area (Å²) in [5.74, 6) is 1.22. The fourth-order valence-corrected chi connectivity index (χ4v) is 3.43. The number of hydrogen-bond acceptors (Lipinski definition) is 6. The quantitative estimate of drug-likeness (QED) is 0.715. The number of aromatic nitrogens is 2. The Bertz CT molecular complexity index is 1050. The Morgan fingerprint density at radius 1 is 1.08 bits per heavy atom. The standard InChI is InChI=1S/C18H18N4O3S/c1-12-14(7-5-9-17(12)26(19,23)24)22-18-10-15(20-11-21-18)13-6-3-4-8-16(13)25-2/h3-11H,1-2H3,(H2,19,23,24)(H,20,21,22). The van der Waals surface area contributed by atoms with Gasteiger partial charge >= 0.3 is 0 Å². The third kappa shape index (κ3) is 3.66. The molecule has 0 aliphatic carbocycles. The normalized spacial score (nSPS) is 11.2. The second-order valence-electron chi connectivity index (χ2n) is 5.59. The van der Waals surface area contributed by atoms with Crippen LogP contribution < -0.4 is 15.2 Å². The van der Waals surface area contributed by atoms with Gasteiger partial charge in [-0.05, 0) is 36.8 Å². The monoisotopic (exact) mass is 370 g/mol. The molecule has 0 unspecified atom stereocenters. The van der Waals surface area contributed by atoms with Gasteiger partial charge in [0.2, 0.25) is 10.0 Å². The molecule has 26 heavy (non-hydrogen) atoms. The Labute approximate surface area is 151 Å². The average molecular weight is 370 g/mol. The molecule has 0 amide bonds. The van der Waals surface area contributed by atoms with Crippen LogP contribution in [0.3, 0.4) is 0 Å². The number of nitrogens with zero attached hydrogens (tertiary/aromatic N) is 2. The number of rotatable bonds is 5. The number of ether oxygens (including phenoxy) is 1. The lowest BCUT2D eigenvalue weighted by Gasteiger charge is -2.13. The number of anilines is 2. The lowest BCUT2D eigenvalue weighted by molar-refractivity contribution is 0.416. The van der Waals surface area contributed by atoms with Crippen LogP contribution in [0.25, 0.3) is 11.3 Å². The minimum Gasteiger partial charge on any atom is -0.496 e. The molecule has 3 N–H and O–H groups in total. The van der Waals surface area contributed by atoms with Crippen LogP contribution in [-0.4, -0.2) is 25.5 Å². The minimum absolute atomic E-state index is 0.0708. The SMILES string of the molecule is COc1ccccc1-c1cc(Nc2cccc(S(N)(=O)=O)c2C)ncn1. The second kappa shape index (κ2) is 7.11. The van der Waals surface area contributed by atoms with Crippen molar-refractivity contribution in [3.8, 4) is 17.0 Å². The van der Waals surface area contributed by atoms with Crippen molar-refractivity contribution in [2.24, 2.45) is 5.14 Å². The van der Waals surface area contributed by atoms with Crippen LogP contribution in [0.5, 0.6) is 5.75 Å². The van der Waals surface area contributed by atoms with Crippen LogP contribution in [0.2, 0.25) is 0 Å². The van der Waals surface area contributed by atoms with E-state index in [-0.39, 0.29) is 4.90 Å². The first-order chi connectivity index (χ1) is 12.4. The zero-order valence-electron chi connectivity index (χ0n) is 14.3. The van der Waals surface area contributed by atoms with Crippen LogP contribution >= 0.6 is 0 Å².